The second kappa shape index (κ2) is 5.85. The average Bonchev–Trinajstić information content (AvgIpc) is 2.41. The molecule has 0 atom stereocenters. The highest BCUT2D eigenvalue weighted by molar-refractivity contribution is 5.56. The summed E-state index contributed by atoms with van der Waals surface area (Å²) in [5, 5.41) is 13.2. The summed E-state index contributed by atoms with van der Waals surface area (Å²) in [7, 11) is 0. The van der Waals surface area contributed by atoms with Crippen molar-refractivity contribution in [2.24, 2.45) is 0 Å². The molecule has 0 spiro atoms. The van der Waals surface area contributed by atoms with E-state index in [2.05, 4.69) is 32.4 Å². The van der Waals surface area contributed by atoms with Crippen molar-refractivity contribution in [2.45, 2.75) is 0 Å². The number of hydrogen-bond donors (Lipinski definition) is 2. The molecule has 1 aromatic carbocycles. The molecule has 0 amide bonds. The predicted molar refractivity (Wildman–Crippen MR) is 68.2 cm³/mol. The van der Waals surface area contributed by atoms with Crippen molar-refractivity contribution in [1.29, 1.82) is 0 Å². The fraction of sp³-hybridized carbons (Fsp3) is 0.0833. The lowest BCUT2D eigenvalue weighted by molar-refractivity contribution is 0.509. The Balaban J connectivity index is 2.13. The van der Waals surface area contributed by atoms with E-state index in [1.807, 2.05) is 0 Å². The van der Waals surface area contributed by atoms with Crippen LogP contribution >= 0.6 is 0 Å². The van der Waals surface area contributed by atoms with Gasteiger partial charge in [-0.3, -0.25) is 0 Å². The van der Waals surface area contributed by atoms with Gasteiger partial charge in [0.2, 0.25) is 5.95 Å². The third-order valence-corrected chi connectivity index (χ3v) is 2.16. The molecule has 2 N–H and O–H groups in total. The van der Waals surface area contributed by atoms with Gasteiger partial charge in [-0.25, -0.2) is 8.78 Å². The second-order valence-electron chi connectivity index (χ2n) is 3.59. The van der Waals surface area contributed by atoms with E-state index in [1.54, 1.807) is 6.08 Å². The first-order chi connectivity index (χ1) is 9.19. The van der Waals surface area contributed by atoms with Gasteiger partial charge in [-0.15, -0.1) is 11.7 Å². The standard InChI is InChI=1S/C12H11F2N5/c1-2-5-15-12-18-11(7-16-19-12)17-8-3-4-9(13)10(14)6-8/h2-4,6-7H,1,5H2,(H2,15,17,18,19). The average molecular weight is 263 g/mol. The highest BCUT2D eigenvalue weighted by Gasteiger charge is 2.04. The predicted octanol–water partition coefficient (Wildman–Crippen LogP) is 2.49. The first kappa shape index (κ1) is 12.9. The number of anilines is 3. The van der Waals surface area contributed by atoms with Crippen molar-refractivity contribution < 1.29 is 8.78 Å². The Morgan fingerprint density at radius 1 is 1.26 bits per heavy atom. The minimum absolute atomic E-state index is 0.312. The Morgan fingerprint density at radius 3 is 2.84 bits per heavy atom. The van der Waals surface area contributed by atoms with Gasteiger partial charge in [0.05, 0.1) is 6.20 Å². The van der Waals surface area contributed by atoms with Crippen LogP contribution in [0.1, 0.15) is 0 Å². The summed E-state index contributed by atoms with van der Waals surface area (Å²) >= 11 is 0. The molecule has 0 saturated carbocycles. The second-order valence-corrected chi connectivity index (χ2v) is 3.59. The van der Waals surface area contributed by atoms with E-state index in [4.69, 9.17) is 0 Å². The normalized spacial score (nSPS) is 10.0. The molecule has 1 heterocycles. The summed E-state index contributed by atoms with van der Waals surface area (Å²) in [6, 6.07) is 3.47. The van der Waals surface area contributed by atoms with Crippen LogP contribution in [0.5, 0.6) is 0 Å². The van der Waals surface area contributed by atoms with Gasteiger partial charge < -0.3 is 10.6 Å². The van der Waals surface area contributed by atoms with Gasteiger partial charge in [0, 0.05) is 18.3 Å². The van der Waals surface area contributed by atoms with Gasteiger partial charge in [-0.1, -0.05) is 6.08 Å². The van der Waals surface area contributed by atoms with Crippen LogP contribution < -0.4 is 10.6 Å². The van der Waals surface area contributed by atoms with Crippen LogP contribution in [0.3, 0.4) is 0 Å². The summed E-state index contributed by atoms with van der Waals surface area (Å²) in [5.74, 6) is -1.16. The number of halogens is 2. The van der Waals surface area contributed by atoms with Crippen LogP contribution in [0, 0.1) is 11.6 Å². The van der Waals surface area contributed by atoms with Gasteiger partial charge in [0.1, 0.15) is 0 Å². The Kier molecular flexibility index (Phi) is 3.97. The summed E-state index contributed by atoms with van der Waals surface area (Å²) < 4.78 is 25.8. The highest BCUT2D eigenvalue weighted by Crippen LogP contribution is 2.17. The molecule has 1 aromatic heterocycles. The molecule has 0 bridgehead atoms. The van der Waals surface area contributed by atoms with Crippen molar-refractivity contribution in [2.75, 3.05) is 17.2 Å². The van der Waals surface area contributed by atoms with Gasteiger partial charge in [-0.2, -0.15) is 10.1 Å². The van der Waals surface area contributed by atoms with E-state index in [-0.39, 0.29) is 0 Å². The van der Waals surface area contributed by atoms with E-state index in [0.29, 0.717) is 24.0 Å². The molecule has 2 rings (SSSR count). The Morgan fingerprint density at radius 2 is 2.11 bits per heavy atom. The molecule has 0 saturated heterocycles. The summed E-state index contributed by atoms with van der Waals surface area (Å²) in [6.45, 7) is 4.05. The molecule has 0 aliphatic carbocycles. The number of nitrogens with one attached hydrogen (secondary N) is 2. The van der Waals surface area contributed by atoms with E-state index in [0.717, 1.165) is 12.1 Å². The smallest absolute Gasteiger partial charge is 0.244 e. The van der Waals surface area contributed by atoms with E-state index < -0.39 is 11.6 Å². The minimum Gasteiger partial charge on any atom is -0.349 e. The molecule has 19 heavy (non-hydrogen) atoms. The zero-order valence-electron chi connectivity index (χ0n) is 9.90. The van der Waals surface area contributed by atoms with E-state index in [9.17, 15) is 8.78 Å². The zero-order valence-corrected chi connectivity index (χ0v) is 9.90. The van der Waals surface area contributed by atoms with E-state index in [1.165, 1.54) is 12.3 Å². The summed E-state index contributed by atoms with van der Waals surface area (Å²) in [4.78, 5) is 4.10. The fourth-order valence-electron chi connectivity index (χ4n) is 1.32. The lowest BCUT2D eigenvalue weighted by atomic mass is 10.3. The molecule has 0 radical (unpaired) electrons. The zero-order chi connectivity index (χ0) is 13.7. The summed E-state index contributed by atoms with van der Waals surface area (Å²) in [6.07, 6.45) is 3.03. The van der Waals surface area contributed by atoms with Crippen LogP contribution in [-0.2, 0) is 0 Å². The largest absolute Gasteiger partial charge is 0.349 e. The maximum absolute atomic E-state index is 13.0. The first-order valence-electron chi connectivity index (χ1n) is 5.45. The SMILES string of the molecule is C=CCNc1nncc(Nc2ccc(F)c(F)c2)n1. The molecule has 5 nitrogen and oxygen atoms in total. The van der Waals surface area contributed by atoms with Crippen molar-refractivity contribution in [3.8, 4) is 0 Å². The molecule has 0 aliphatic rings. The number of benzene rings is 1. The lowest BCUT2D eigenvalue weighted by Crippen LogP contribution is -2.06. The molecular weight excluding hydrogens is 252 g/mol. The first-order valence-corrected chi connectivity index (χ1v) is 5.45. The number of aromatic nitrogens is 3. The highest BCUT2D eigenvalue weighted by atomic mass is 19.2. The molecule has 0 fully saturated rings. The maximum Gasteiger partial charge on any atom is 0.244 e. The Bertz CT molecular complexity index is 588. The molecule has 0 unspecified atom stereocenters. The molecule has 0 aliphatic heterocycles. The maximum atomic E-state index is 13.0. The molecular formula is C12H11F2N5. The van der Waals surface area contributed by atoms with Gasteiger partial charge in [-0.05, 0) is 12.1 Å². The monoisotopic (exact) mass is 263 g/mol. The topological polar surface area (TPSA) is 62.7 Å². The summed E-state index contributed by atoms with van der Waals surface area (Å²) in [5.41, 5.74) is 0.370. The van der Waals surface area contributed by atoms with Crippen LogP contribution in [0.4, 0.5) is 26.2 Å². The van der Waals surface area contributed by atoms with Crippen LogP contribution in [-0.4, -0.2) is 21.7 Å². The van der Waals surface area contributed by atoms with Crippen LogP contribution in [0.15, 0.2) is 37.1 Å². The Hall–Kier alpha value is -2.57. The number of nitrogens with zero attached hydrogens (tertiary/aromatic N) is 3. The fourth-order valence-corrected chi connectivity index (χ4v) is 1.32. The van der Waals surface area contributed by atoms with Gasteiger partial charge in [0.15, 0.2) is 17.5 Å². The number of hydrogen-bond acceptors (Lipinski definition) is 5. The Labute approximate surface area is 108 Å². The van der Waals surface area contributed by atoms with Crippen molar-refractivity contribution in [3.63, 3.8) is 0 Å². The third kappa shape index (κ3) is 3.44. The lowest BCUT2D eigenvalue weighted by Gasteiger charge is -2.06. The molecule has 7 heteroatoms. The van der Waals surface area contributed by atoms with Crippen molar-refractivity contribution in [3.05, 3.63) is 48.7 Å². The quantitative estimate of drug-likeness (QED) is 0.811. The number of rotatable bonds is 5. The van der Waals surface area contributed by atoms with Gasteiger partial charge in [0.25, 0.3) is 0 Å². The molecule has 98 valence electrons. The molecule has 2 aromatic rings. The minimum atomic E-state index is -0.933. The van der Waals surface area contributed by atoms with Gasteiger partial charge >= 0.3 is 0 Å². The third-order valence-electron chi connectivity index (χ3n) is 2.16. The van der Waals surface area contributed by atoms with E-state index >= 15 is 0 Å². The van der Waals surface area contributed by atoms with Crippen molar-refractivity contribution in [1.82, 2.24) is 15.2 Å². The van der Waals surface area contributed by atoms with Crippen molar-refractivity contribution >= 4 is 17.5 Å². The van der Waals surface area contributed by atoms with Crippen LogP contribution in [0.2, 0.25) is 0 Å². The van der Waals surface area contributed by atoms with Crippen LogP contribution in [0.25, 0.3) is 0 Å².